The van der Waals surface area contributed by atoms with Crippen molar-refractivity contribution < 1.29 is 9.72 Å². The van der Waals surface area contributed by atoms with Gasteiger partial charge in [-0.3, -0.25) is 14.9 Å². The van der Waals surface area contributed by atoms with Gasteiger partial charge in [0, 0.05) is 17.8 Å². The zero-order chi connectivity index (χ0) is 15.2. The van der Waals surface area contributed by atoms with E-state index in [1.165, 1.54) is 24.3 Å². The SMILES string of the molecule is O=C(Nc1cccc([N+](=O)[O-])c1)/C(Cl)=C\c1ccccc1. The molecule has 0 heterocycles. The molecule has 6 heteroatoms. The quantitative estimate of drug-likeness (QED) is 0.530. The minimum absolute atomic E-state index is 0.00675. The first-order chi connectivity index (χ1) is 10.1. The second kappa shape index (κ2) is 6.67. The fourth-order valence-corrected chi connectivity index (χ4v) is 1.82. The fraction of sp³-hybridized carbons (Fsp3) is 0. The average Bonchev–Trinajstić information content (AvgIpc) is 2.48. The number of halogens is 1. The van der Waals surface area contributed by atoms with E-state index >= 15 is 0 Å². The average molecular weight is 303 g/mol. The number of nitrogens with zero attached hydrogens (tertiary/aromatic N) is 1. The van der Waals surface area contributed by atoms with Gasteiger partial charge in [-0.15, -0.1) is 0 Å². The van der Waals surface area contributed by atoms with Gasteiger partial charge >= 0.3 is 0 Å². The number of hydrogen-bond acceptors (Lipinski definition) is 3. The molecule has 0 saturated heterocycles. The molecule has 21 heavy (non-hydrogen) atoms. The molecule has 0 spiro atoms. The number of nitrogens with one attached hydrogen (secondary N) is 1. The molecular weight excluding hydrogens is 292 g/mol. The van der Waals surface area contributed by atoms with Crippen molar-refractivity contribution in [3.63, 3.8) is 0 Å². The molecule has 106 valence electrons. The van der Waals surface area contributed by atoms with Crippen LogP contribution in [0.2, 0.25) is 0 Å². The Morgan fingerprint density at radius 2 is 1.86 bits per heavy atom. The molecule has 0 aliphatic carbocycles. The number of nitro groups is 1. The summed E-state index contributed by atoms with van der Waals surface area (Å²) in [5.41, 5.74) is 1.00. The second-order valence-corrected chi connectivity index (χ2v) is 4.57. The van der Waals surface area contributed by atoms with Gasteiger partial charge in [0.05, 0.1) is 4.92 Å². The number of amides is 1. The molecule has 0 atom stereocenters. The molecule has 0 aliphatic rings. The summed E-state index contributed by atoms with van der Waals surface area (Å²) < 4.78 is 0. The Hall–Kier alpha value is -2.66. The van der Waals surface area contributed by atoms with E-state index < -0.39 is 10.8 Å². The van der Waals surface area contributed by atoms with Crippen molar-refractivity contribution in [3.8, 4) is 0 Å². The topological polar surface area (TPSA) is 72.2 Å². The van der Waals surface area contributed by atoms with E-state index in [0.29, 0.717) is 5.69 Å². The van der Waals surface area contributed by atoms with E-state index in [2.05, 4.69) is 5.32 Å². The van der Waals surface area contributed by atoms with Crippen molar-refractivity contribution in [3.05, 3.63) is 75.3 Å². The van der Waals surface area contributed by atoms with Crippen molar-refractivity contribution in [2.75, 3.05) is 5.32 Å². The lowest BCUT2D eigenvalue weighted by molar-refractivity contribution is -0.384. The van der Waals surface area contributed by atoms with Gasteiger partial charge in [0.1, 0.15) is 5.03 Å². The van der Waals surface area contributed by atoms with Crippen LogP contribution in [-0.4, -0.2) is 10.8 Å². The van der Waals surface area contributed by atoms with Crippen LogP contribution < -0.4 is 5.32 Å². The Morgan fingerprint density at radius 1 is 1.14 bits per heavy atom. The fourth-order valence-electron chi connectivity index (χ4n) is 1.65. The van der Waals surface area contributed by atoms with E-state index in [4.69, 9.17) is 11.6 Å². The molecule has 0 aromatic heterocycles. The summed E-state index contributed by atoms with van der Waals surface area (Å²) in [4.78, 5) is 22.1. The molecule has 1 N–H and O–H groups in total. The van der Waals surface area contributed by atoms with E-state index in [1.807, 2.05) is 30.3 Å². The third kappa shape index (κ3) is 4.15. The minimum Gasteiger partial charge on any atom is -0.321 e. The summed E-state index contributed by atoms with van der Waals surface area (Å²) in [6.07, 6.45) is 1.52. The second-order valence-electron chi connectivity index (χ2n) is 4.16. The first-order valence-corrected chi connectivity index (χ1v) is 6.42. The van der Waals surface area contributed by atoms with Gasteiger partial charge in [0.25, 0.3) is 11.6 Å². The van der Waals surface area contributed by atoms with E-state index in [-0.39, 0.29) is 10.7 Å². The largest absolute Gasteiger partial charge is 0.321 e. The highest BCUT2D eigenvalue weighted by Crippen LogP contribution is 2.19. The number of anilines is 1. The maximum atomic E-state index is 11.9. The third-order valence-electron chi connectivity index (χ3n) is 2.62. The van der Waals surface area contributed by atoms with Crippen LogP contribution in [0, 0.1) is 10.1 Å². The summed E-state index contributed by atoms with van der Waals surface area (Å²) >= 11 is 5.93. The molecule has 0 fully saturated rings. The summed E-state index contributed by atoms with van der Waals surface area (Å²) in [7, 11) is 0. The Balaban J connectivity index is 2.12. The Morgan fingerprint density at radius 3 is 2.52 bits per heavy atom. The number of non-ortho nitro benzene ring substituents is 1. The monoisotopic (exact) mass is 302 g/mol. The number of rotatable bonds is 4. The standard InChI is InChI=1S/C15H11ClN2O3/c16-14(9-11-5-2-1-3-6-11)15(19)17-12-7-4-8-13(10-12)18(20)21/h1-10H,(H,17,19)/b14-9+. The van der Waals surface area contributed by atoms with Crippen molar-refractivity contribution in [1.82, 2.24) is 0 Å². The van der Waals surface area contributed by atoms with Crippen molar-refractivity contribution in [2.24, 2.45) is 0 Å². The predicted octanol–water partition coefficient (Wildman–Crippen LogP) is 3.81. The zero-order valence-electron chi connectivity index (χ0n) is 10.8. The van der Waals surface area contributed by atoms with Crippen molar-refractivity contribution >= 4 is 35.0 Å². The van der Waals surface area contributed by atoms with Crippen LogP contribution in [0.15, 0.2) is 59.6 Å². The predicted molar refractivity (Wildman–Crippen MR) is 82.0 cm³/mol. The van der Waals surface area contributed by atoms with Crippen LogP contribution in [0.4, 0.5) is 11.4 Å². The Kier molecular flexibility index (Phi) is 4.68. The molecule has 2 aromatic rings. The molecular formula is C15H11ClN2O3. The first-order valence-electron chi connectivity index (χ1n) is 6.04. The number of hydrogen-bond donors (Lipinski definition) is 1. The number of carbonyl (C=O) groups excluding carboxylic acids is 1. The molecule has 1 amide bonds. The highest BCUT2D eigenvalue weighted by atomic mass is 35.5. The summed E-state index contributed by atoms with van der Waals surface area (Å²) in [5, 5.41) is 13.2. The van der Waals surface area contributed by atoms with Crippen LogP contribution in [-0.2, 0) is 4.79 Å². The molecule has 5 nitrogen and oxygen atoms in total. The van der Waals surface area contributed by atoms with Gasteiger partial charge in [-0.25, -0.2) is 0 Å². The van der Waals surface area contributed by atoms with Crippen molar-refractivity contribution in [2.45, 2.75) is 0 Å². The lowest BCUT2D eigenvalue weighted by Crippen LogP contribution is -2.11. The lowest BCUT2D eigenvalue weighted by Gasteiger charge is -2.04. The van der Waals surface area contributed by atoms with Gasteiger partial charge in [-0.05, 0) is 17.7 Å². The van der Waals surface area contributed by atoms with Crippen LogP contribution in [0.5, 0.6) is 0 Å². The van der Waals surface area contributed by atoms with E-state index in [1.54, 1.807) is 6.07 Å². The smallest absolute Gasteiger partial charge is 0.271 e. The number of carbonyl (C=O) groups is 1. The molecule has 2 rings (SSSR count). The van der Waals surface area contributed by atoms with Gasteiger partial charge in [0.2, 0.25) is 0 Å². The maximum Gasteiger partial charge on any atom is 0.271 e. The molecule has 2 aromatic carbocycles. The van der Waals surface area contributed by atoms with Crippen LogP contribution in [0.1, 0.15) is 5.56 Å². The molecule has 0 radical (unpaired) electrons. The summed E-state index contributed by atoms with van der Waals surface area (Å²) in [6.45, 7) is 0. The highest BCUT2D eigenvalue weighted by Gasteiger charge is 2.10. The number of nitro benzene ring substituents is 1. The molecule has 0 bridgehead atoms. The Labute approximate surface area is 126 Å². The molecule has 0 aliphatic heterocycles. The van der Waals surface area contributed by atoms with Gasteiger partial charge in [0.15, 0.2) is 0 Å². The summed E-state index contributed by atoms with van der Waals surface area (Å²) in [6, 6.07) is 14.8. The molecule has 0 unspecified atom stereocenters. The van der Waals surface area contributed by atoms with Crippen molar-refractivity contribution in [1.29, 1.82) is 0 Å². The third-order valence-corrected chi connectivity index (χ3v) is 2.91. The van der Waals surface area contributed by atoms with Crippen LogP contribution in [0.25, 0.3) is 6.08 Å². The van der Waals surface area contributed by atoms with Crippen LogP contribution >= 0.6 is 11.6 Å². The molecule has 0 saturated carbocycles. The number of benzene rings is 2. The highest BCUT2D eigenvalue weighted by molar-refractivity contribution is 6.45. The maximum absolute atomic E-state index is 11.9. The van der Waals surface area contributed by atoms with Gasteiger partial charge in [-0.2, -0.15) is 0 Å². The normalized spacial score (nSPS) is 11.0. The minimum atomic E-state index is -0.531. The Bertz CT molecular complexity index is 699. The zero-order valence-corrected chi connectivity index (χ0v) is 11.6. The van der Waals surface area contributed by atoms with Gasteiger partial charge < -0.3 is 5.32 Å². The van der Waals surface area contributed by atoms with Gasteiger partial charge in [-0.1, -0.05) is 48.0 Å². The van der Waals surface area contributed by atoms with Crippen LogP contribution in [0.3, 0.4) is 0 Å². The first kappa shape index (κ1) is 14.7. The lowest BCUT2D eigenvalue weighted by atomic mass is 10.2. The van der Waals surface area contributed by atoms with E-state index in [0.717, 1.165) is 5.56 Å². The summed E-state index contributed by atoms with van der Waals surface area (Å²) in [5.74, 6) is -0.527. The van der Waals surface area contributed by atoms with E-state index in [9.17, 15) is 14.9 Å².